The van der Waals surface area contributed by atoms with Crippen molar-refractivity contribution >= 4 is 15.9 Å². The van der Waals surface area contributed by atoms with Gasteiger partial charge >= 0.3 is 0 Å². The summed E-state index contributed by atoms with van der Waals surface area (Å²) in [6.07, 6.45) is 3.30. The predicted octanol–water partition coefficient (Wildman–Crippen LogP) is 2.15. The molecule has 1 unspecified atom stereocenters. The molecule has 1 aromatic heterocycles. The summed E-state index contributed by atoms with van der Waals surface area (Å²) in [6, 6.07) is 8.11. The number of benzene rings is 2. The number of carbonyl (C=O) groups is 1. The number of aromatic nitrogens is 2. The van der Waals surface area contributed by atoms with Gasteiger partial charge in [-0.25, -0.2) is 17.8 Å². The monoisotopic (exact) mass is 476 g/mol. The number of amides is 1. The van der Waals surface area contributed by atoms with E-state index in [4.69, 9.17) is 9.47 Å². The van der Waals surface area contributed by atoms with Gasteiger partial charge in [-0.2, -0.15) is 4.72 Å². The lowest BCUT2D eigenvalue weighted by Gasteiger charge is -2.23. The van der Waals surface area contributed by atoms with Crippen molar-refractivity contribution in [2.45, 2.75) is 23.9 Å². The van der Waals surface area contributed by atoms with Crippen molar-refractivity contribution in [3.63, 3.8) is 0 Å². The molecular weight excluding hydrogens is 451 g/mol. The minimum atomic E-state index is -4.27. The van der Waals surface area contributed by atoms with Crippen LogP contribution in [0.4, 0.5) is 4.39 Å². The number of hydrogen-bond donors (Lipinski definition) is 2. The number of carbonyl (C=O) groups excluding carboxylic acids is 1. The molecule has 0 saturated heterocycles. The van der Waals surface area contributed by atoms with E-state index in [2.05, 4.69) is 15.0 Å². The first-order valence-electron chi connectivity index (χ1n) is 9.93. The van der Waals surface area contributed by atoms with Crippen molar-refractivity contribution in [1.29, 1.82) is 0 Å². The van der Waals surface area contributed by atoms with Crippen LogP contribution in [-0.4, -0.2) is 44.1 Å². The van der Waals surface area contributed by atoms with Gasteiger partial charge in [-0.05, 0) is 36.8 Å². The van der Waals surface area contributed by atoms with Gasteiger partial charge in [0.1, 0.15) is 34.1 Å². The van der Waals surface area contributed by atoms with Crippen LogP contribution in [0.25, 0.3) is 0 Å². The molecule has 3 rings (SSSR count). The Bertz CT molecular complexity index is 1220. The largest absolute Gasteiger partial charge is 0.497 e. The molecular formula is C22H25FN4O5S. The maximum Gasteiger partial charge on any atom is 0.244 e. The second-order valence-corrected chi connectivity index (χ2v) is 8.94. The highest BCUT2D eigenvalue weighted by molar-refractivity contribution is 7.89. The zero-order valence-corrected chi connectivity index (χ0v) is 19.4. The molecule has 1 amide bonds. The number of imidazole rings is 1. The van der Waals surface area contributed by atoms with Crippen LogP contribution >= 0.6 is 0 Å². The number of rotatable bonds is 9. The molecule has 0 aliphatic rings. The SMILES string of the molecule is COc1cc(OC)cc(C(NC(=O)[C@H](C)NS(=O)(=O)c2ccccc2F)c2nccn2C)c1. The van der Waals surface area contributed by atoms with Gasteiger partial charge < -0.3 is 19.4 Å². The number of ether oxygens (including phenoxy) is 2. The Labute approximate surface area is 191 Å². The summed E-state index contributed by atoms with van der Waals surface area (Å²) in [5.74, 6) is -0.0308. The molecule has 176 valence electrons. The molecule has 2 atom stereocenters. The maximum atomic E-state index is 14.0. The highest BCUT2D eigenvalue weighted by atomic mass is 32.2. The molecule has 0 aliphatic carbocycles. The minimum Gasteiger partial charge on any atom is -0.497 e. The number of methoxy groups -OCH3 is 2. The Balaban J connectivity index is 1.90. The molecule has 0 bridgehead atoms. The van der Waals surface area contributed by atoms with Gasteiger partial charge in [-0.3, -0.25) is 4.79 Å². The predicted molar refractivity (Wildman–Crippen MR) is 119 cm³/mol. The van der Waals surface area contributed by atoms with E-state index in [9.17, 15) is 17.6 Å². The standard InChI is InChI=1S/C22H25FN4O5S/c1-14(26-33(29,30)19-8-6-5-7-18(19)23)22(28)25-20(21-24-9-10-27(21)2)15-11-16(31-3)13-17(12-15)32-4/h5-14,20,26H,1-4H3,(H,25,28)/t14-,20?/m0/s1. The number of aryl methyl sites for hydroxylation is 1. The molecule has 2 aromatic carbocycles. The van der Waals surface area contributed by atoms with Gasteiger partial charge in [0, 0.05) is 25.5 Å². The normalized spacial score (nSPS) is 13.2. The first-order chi connectivity index (χ1) is 15.7. The Morgan fingerprint density at radius 2 is 1.76 bits per heavy atom. The number of nitrogens with zero attached hydrogens (tertiary/aromatic N) is 2. The molecule has 0 aliphatic heterocycles. The second kappa shape index (κ2) is 10.0. The zero-order chi connectivity index (χ0) is 24.2. The van der Waals surface area contributed by atoms with E-state index in [-0.39, 0.29) is 0 Å². The Morgan fingerprint density at radius 3 is 2.30 bits per heavy atom. The van der Waals surface area contributed by atoms with Crippen LogP contribution in [-0.2, 0) is 21.9 Å². The molecule has 0 radical (unpaired) electrons. The summed E-state index contributed by atoms with van der Waals surface area (Å²) in [6.45, 7) is 1.37. The van der Waals surface area contributed by atoms with E-state index in [0.29, 0.717) is 22.9 Å². The average molecular weight is 477 g/mol. The highest BCUT2D eigenvalue weighted by Gasteiger charge is 2.28. The lowest BCUT2D eigenvalue weighted by molar-refractivity contribution is -0.122. The third-order valence-electron chi connectivity index (χ3n) is 4.96. The summed E-state index contributed by atoms with van der Waals surface area (Å²) in [5, 5.41) is 2.81. The summed E-state index contributed by atoms with van der Waals surface area (Å²) < 4.78 is 53.8. The smallest absolute Gasteiger partial charge is 0.244 e. The third kappa shape index (κ3) is 5.49. The molecule has 0 saturated carbocycles. The number of sulfonamides is 1. The molecule has 9 nitrogen and oxygen atoms in total. The van der Waals surface area contributed by atoms with E-state index in [1.165, 1.54) is 33.3 Å². The van der Waals surface area contributed by atoms with Crippen LogP contribution in [0.5, 0.6) is 11.5 Å². The van der Waals surface area contributed by atoms with Crippen LogP contribution < -0.4 is 19.5 Å². The quantitative estimate of drug-likeness (QED) is 0.490. The summed E-state index contributed by atoms with van der Waals surface area (Å²) in [4.78, 5) is 16.8. The van der Waals surface area contributed by atoms with Crippen molar-refractivity contribution in [1.82, 2.24) is 19.6 Å². The maximum absolute atomic E-state index is 14.0. The fourth-order valence-corrected chi connectivity index (χ4v) is 4.51. The summed E-state index contributed by atoms with van der Waals surface area (Å²) >= 11 is 0. The number of hydrogen-bond acceptors (Lipinski definition) is 6. The Hall–Kier alpha value is -3.44. The van der Waals surface area contributed by atoms with Crippen LogP contribution in [0.3, 0.4) is 0 Å². The fraction of sp³-hybridized carbons (Fsp3) is 0.273. The topological polar surface area (TPSA) is 112 Å². The molecule has 3 aromatic rings. The average Bonchev–Trinajstić information content (AvgIpc) is 3.22. The molecule has 1 heterocycles. The van der Waals surface area contributed by atoms with Crippen molar-refractivity contribution < 1.29 is 27.1 Å². The zero-order valence-electron chi connectivity index (χ0n) is 18.6. The molecule has 0 spiro atoms. The molecule has 0 fully saturated rings. The van der Waals surface area contributed by atoms with E-state index >= 15 is 0 Å². The van der Waals surface area contributed by atoms with Crippen molar-refractivity contribution in [2.75, 3.05) is 14.2 Å². The summed E-state index contributed by atoms with van der Waals surface area (Å²) in [7, 11) is 0.514. The van der Waals surface area contributed by atoms with Gasteiger partial charge in [0.2, 0.25) is 15.9 Å². The number of halogens is 1. The molecule has 11 heteroatoms. The minimum absolute atomic E-state index is 0.503. The van der Waals surface area contributed by atoms with E-state index in [1.54, 1.807) is 42.2 Å². The van der Waals surface area contributed by atoms with Gasteiger partial charge in [0.05, 0.1) is 20.3 Å². The van der Waals surface area contributed by atoms with E-state index in [0.717, 1.165) is 12.1 Å². The molecule has 33 heavy (non-hydrogen) atoms. The Morgan fingerprint density at radius 1 is 1.12 bits per heavy atom. The van der Waals surface area contributed by atoms with E-state index in [1.807, 2.05) is 0 Å². The van der Waals surface area contributed by atoms with Crippen molar-refractivity contribution in [2.24, 2.45) is 7.05 Å². The third-order valence-corrected chi connectivity index (χ3v) is 6.54. The molecule has 2 N–H and O–H groups in total. The first kappa shape index (κ1) is 24.2. The van der Waals surface area contributed by atoms with Gasteiger partial charge in [-0.1, -0.05) is 12.1 Å². The van der Waals surface area contributed by atoms with Crippen LogP contribution in [0.15, 0.2) is 59.8 Å². The van der Waals surface area contributed by atoms with Crippen molar-refractivity contribution in [3.8, 4) is 11.5 Å². The van der Waals surface area contributed by atoms with Crippen molar-refractivity contribution in [3.05, 3.63) is 72.1 Å². The van der Waals surface area contributed by atoms with Gasteiger partial charge in [-0.15, -0.1) is 0 Å². The van der Waals surface area contributed by atoms with Crippen LogP contribution in [0, 0.1) is 5.82 Å². The van der Waals surface area contributed by atoms with Gasteiger partial charge in [0.25, 0.3) is 0 Å². The first-order valence-corrected chi connectivity index (χ1v) is 11.4. The lowest BCUT2D eigenvalue weighted by Crippen LogP contribution is -2.46. The lowest BCUT2D eigenvalue weighted by atomic mass is 10.0. The van der Waals surface area contributed by atoms with Crippen LogP contribution in [0.1, 0.15) is 24.4 Å². The fourth-order valence-electron chi connectivity index (χ4n) is 3.23. The van der Waals surface area contributed by atoms with E-state index < -0.39 is 38.7 Å². The second-order valence-electron chi connectivity index (χ2n) is 7.26. The number of nitrogens with one attached hydrogen (secondary N) is 2. The summed E-state index contributed by atoms with van der Waals surface area (Å²) in [5.41, 5.74) is 0.609. The van der Waals surface area contributed by atoms with Gasteiger partial charge in [0.15, 0.2) is 0 Å². The Kier molecular flexibility index (Phi) is 7.34. The highest BCUT2D eigenvalue weighted by Crippen LogP contribution is 2.29. The van der Waals surface area contributed by atoms with Crippen LogP contribution in [0.2, 0.25) is 0 Å².